The lowest BCUT2D eigenvalue weighted by Crippen LogP contribution is -2.43. The van der Waals surface area contributed by atoms with Crippen molar-refractivity contribution in [3.05, 3.63) is 84.5 Å². The summed E-state index contributed by atoms with van der Waals surface area (Å²) in [6, 6.07) is 12.3. The van der Waals surface area contributed by atoms with E-state index in [1.807, 2.05) is 70.2 Å². The largest absolute Gasteiger partial charge is 0.496 e. The van der Waals surface area contributed by atoms with E-state index in [2.05, 4.69) is 0 Å². The van der Waals surface area contributed by atoms with Crippen molar-refractivity contribution in [1.82, 2.24) is 9.47 Å². The van der Waals surface area contributed by atoms with E-state index in [0.717, 1.165) is 11.1 Å². The molecule has 2 heterocycles. The summed E-state index contributed by atoms with van der Waals surface area (Å²) in [5, 5.41) is 0. The molecule has 3 aromatic rings. The first-order valence-corrected chi connectivity index (χ1v) is 13.5. The van der Waals surface area contributed by atoms with Gasteiger partial charge in [0, 0.05) is 24.2 Å². The van der Waals surface area contributed by atoms with Crippen molar-refractivity contribution in [3.63, 3.8) is 0 Å². The molecule has 0 bridgehead atoms. The van der Waals surface area contributed by atoms with Crippen LogP contribution in [0.5, 0.6) is 17.2 Å². The van der Waals surface area contributed by atoms with Crippen LogP contribution in [-0.4, -0.2) is 49.3 Å². The number of allylic oxidation sites excluding steroid dienone is 1. The molecule has 9 heteroatoms. The smallest absolute Gasteiger partial charge is 0.271 e. The number of thiazole rings is 1. The monoisotopic (exact) mass is 535 g/mol. The molecule has 1 aliphatic rings. The molecule has 38 heavy (non-hydrogen) atoms. The van der Waals surface area contributed by atoms with Gasteiger partial charge in [-0.05, 0) is 45.9 Å². The zero-order chi connectivity index (χ0) is 27.4. The normalized spacial score (nSPS) is 15.1. The Balaban J connectivity index is 2.00. The zero-order valence-electron chi connectivity index (χ0n) is 22.6. The van der Waals surface area contributed by atoms with Gasteiger partial charge in [0.15, 0.2) is 16.3 Å². The van der Waals surface area contributed by atoms with E-state index in [-0.39, 0.29) is 11.5 Å². The minimum Gasteiger partial charge on any atom is -0.496 e. The van der Waals surface area contributed by atoms with Gasteiger partial charge in [-0.15, -0.1) is 0 Å². The lowest BCUT2D eigenvalue weighted by atomic mass is 9.94. The fraction of sp³-hybridized carbons (Fsp3) is 0.345. The van der Waals surface area contributed by atoms with E-state index in [9.17, 15) is 9.59 Å². The third kappa shape index (κ3) is 4.86. The van der Waals surface area contributed by atoms with Crippen LogP contribution in [0.4, 0.5) is 0 Å². The number of hydrogen-bond donors (Lipinski definition) is 0. The predicted molar refractivity (Wildman–Crippen MR) is 149 cm³/mol. The molecule has 1 atom stereocenters. The van der Waals surface area contributed by atoms with E-state index in [0.29, 0.717) is 57.5 Å². The van der Waals surface area contributed by atoms with Crippen molar-refractivity contribution in [1.29, 1.82) is 0 Å². The average molecular weight is 536 g/mol. The van der Waals surface area contributed by atoms with Gasteiger partial charge in [0.25, 0.3) is 11.5 Å². The Morgan fingerprint density at radius 1 is 1.05 bits per heavy atom. The first-order valence-electron chi connectivity index (χ1n) is 12.6. The topological polar surface area (TPSA) is 82.4 Å². The van der Waals surface area contributed by atoms with Crippen LogP contribution >= 0.6 is 11.3 Å². The molecule has 1 amide bonds. The first kappa shape index (κ1) is 27.2. The maximum absolute atomic E-state index is 14.0. The Kier molecular flexibility index (Phi) is 8.36. The number of fused-ring (bicyclic) bond motifs is 1. The van der Waals surface area contributed by atoms with Gasteiger partial charge in [0.2, 0.25) is 0 Å². The molecule has 200 valence electrons. The number of amides is 1. The van der Waals surface area contributed by atoms with E-state index in [1.165, 1.54) is 11.3 Å². The molecule has 1 aromatic heterocycles. The molecule has 4 rings (SSSR count). The van der Waals surface area contributed by atoms with Crippen LogP contribution < -0.4 is 29.1 Å². The van der Waals surface area contributed by atoms with Crippen LogP contribution in [0.25, 0.3) is 6.08 Å². The molecule has 0 saturated carbocycles. The van der Waals surface area contributed by atoms with Gasteiger partial charge >= 0.3 is 0 Å². The Morgan fingerprint density at radius 2 is 1.74 bits per heavy atom. The number of ether oxygens (including phenoxy) is 3. The van der Waals surface area contributed by atoms with Crippen LogP contribution in [0.1, 0.15) is 44.9 Å². The summed E-state index contributed by atoms with van der Waals surface area (Å²) in [5.41, 5.74) is 2.26. The summed E-state index contributed by atoms with van der Waals surface area (Å²) in [5.74, 6) is 1.60. The van der Waals surface area contributed by atoms with Crippen LogP contribution in [-0.2, 0) is 4.79 Å². The number of benzene rings is 2. The fourth-order valence-corrected chi connectivity index (χ4v) is 5.75. The second kappa shape index (κ2) is 11.7. The number of carbonyl (C=O) groups is 1. The van der Waals surface area contributed by atoms with Gasteiger partial charge in [0.1, 0.15) is 11.8 Å². The van der Waals surface area contributed by atoms with Crippen molar-refractivity contribution in [2.24, 2.45) is 4.99 Å². The third-order valence-corrected chi connectivity index (χ3v) is 7.52. The Hall–Kier alpha value is -3.85. The SMILES string of the molecule is CCOc1c(/C=c2/sc3n(c2=O)[C@H](c2ccccc2OC)C(C(=O)N(CC)CC)=C(C)N=3)cccc1OC. The number of rotatable bonds is 9. The summed E-state index contributed by atoms with van der Waals surface area (Å²) < 4.78 is 19.1. The molecule has 0 saturated heterocycles. The molecule has 0 unspecified atom stereocenters. The molecular weight excluding hydrogens is 502 g/mol. The molecule has 0 spiro atoms. The molecule has 0 aliphatic carbocycles. The van der Waals surface area contributed by atoms with Crippen LogP contribution in [0.15, 0.2) is 63.5 Å². The Morgan fingerprint density at radius 3 is 2.39 bits per heavy atom. The summed E-state index contributed by atoms with van der Waals surface area (Å²) in [7, 11) is 3.17. The van der Waals surface area contributed by atoms with Crippen molar-refractivity contribution >= 4 is 23.3 Å². The summed E-state index contributed by atoms with van der Waals surface area (Å²) in [6.45, 7) is 9.15. The van der Waals surface area contributed by atoms with Crippen LogP contribution in [0.2, 0.25) is 0 Å². The minimum atomic E-state index is -0.686. The molecule has 8 nitrogen and oxygen atoms in total. The number of para-hydroxylation sites is 2. The summed E-state index contributed by atoms with van der Waals surface area (Å²) >= 11 is 1.28. The Labute approximate surface area is 226 Å². The molecule has 0 N–H and O–H groups in total. The maximum atomic E-state index is 14.0. The van der Waals surface area contributed by atoms with Gasteiger partial charge in [-0.25, -0.2) is 4.99 Å². The molecule has 2 aromatic carbocycles. The minimum absolute atomic E-state index is 0.145. The number of aromatic nitrogens is 1. The van der Waals surface area contributed by atoms with Crippen molar-refractivity contribution in [2.75, 3.05) is 33.9 Å². The van der Waals surface area contributed by atoms with E-state index in [1.54, 1.807) is 29.8 Å². The lowest BCUT2D eigenvalue weighted by molar-refractivity contribution is -0.127. The number of methoxy groups -OCH3 is 2. The van der Waals surface area contributed by atoms with Crippen LogP contribution in [0.3, 0.4) is 0 Å². The highest BCUT2D eigenvalue weighted by Crippen LogP contribution is 2.36. The third-order valence-electron chi connectivity index (χ3n) is 6.54. The second-order valence-corrected chi connectivity index (χ2v) is 9.62. The van der Waals surface area contributed by atoms with Crippen molar-refractivity contribution in [2.45, 2.75) is 33.7 Å². The summed E-state index contributed by atoms with van der Waals surface area (Å²) in [6.07, 6.45) is 1.79. The lowest BCUT2D eigenvalue weighted by Gasteiger charge is -2.29. The quantitative estimate of drug-likeness (QED) is 0.419. The number of nitrogens with zero attached hydrogens (tertiary/aromatic N) is 3. The van der Waals surface area contributed by atoms with Gasteiger partial charge in [0.05, 0.1) is 36.6 Å². The first-order chi connectivity index (χ1) is 18.4. The van der Waals surface area contributed by atoms with E-state index >= 15 is 0 Å². The van der Waals surface area contributed by atoms with Gasteiger partial charge < -0.3 is 19.1 Å². The molecular formula is C29H33N3O5S. The molecule has 1 aliphatic heterocycles. The molecule has 0 fully saturated rings. The predicted octanol–water partition coefficient (Wildman–Crippen LogP) is 3.52. The van der Waals surface area contributed by atoms with Gasteiger partial charge in [-0.2, -0.15) is 0 Å². The zero-order valence-corrected chi connectivity index (χ0v) is 23.4. The maximum Gasteiger partial charge on any atom is 0.271 e. The van der Waals surface area contributed by atoms with Crippen LogP contribution in [0, 0.1) is 0 Å². The second-order valence-electron chi connectivity index (χ2n) is 8.61. The molecule has 0 radical (unpaired) electrons. The number of likely N-dealkylation sites (N-methyl/N-ethyl adjacent to an activating group) is 1. The highest BCUT2D eigenvalue weighted by molar-refractivity contribution is 7.07. The van der Waals surface area contributed by atoms with Gasteiger partial charge in [-0.3, -0.25) is 14.2 Å². The number of hydrogen-bond acceptors (Lipinski definition) is 7. The standard InChI is InChI=1S/C29H33N3O5S/c1-7-31(8-2)28(34)24-18(4)30-29-32(25(24)20-14-10-11-15-21(20)35-5)27(33)23(38-29)17-19-13-12-16-22(36-6)26(19)37-9-3/h10-17,25H,7-9H2,1-6H3/b23-17+/t25-/m1/s1. The fourth-order valence-electron chi connectivity index (χ4n) is 4.71. The van der Waals surface area contributed by atoms with Gasteiger partial charge in [-0.1, -0.05) is 41.7 Å². The highest BCUT2D eigenvalue weighted by atomic mass is 32.1. The van der Waals surface area contributed by atoms with E-state index < -0.39 is 6.04 Å². The average Bonchev–Trinajstić information content (AvgIpc) is 3.23. The highest BCUT2D eigenvalue weighted by Gasteiger charge is 2.35. The van der Waals surface area contributed by atoms with E-state index in [4.69, 9.17) is 19.2 Å². The van der Waals surface area contributed by atoms with Crippen molar-refractivity contribution in [3.8, 4) is 17.2 Å². The Bertz CT molecular complexity index is 1550. The number of carbonyl (C=O) groups excluding carboxylic acids is 1. The summed E-state index contributed by atoms with van der Waals surface area (Å²) in [4.78, 5) is 34.8. The van der Waals surface area contributed by atoms with Crippen molar-refractivity contribution < 1.29 is 19.0 Å².